The van der Waals surface area contributed by atoms with E-state index in [1.165, 1.54) is 6.92 Å². The first-order valence-electron chi connectivity index (χ1n) is 4.56. The molecule has 1 heterocycles. The van der Waals surface area contributed by atoms with Crippen LogP contribution in [0.5, 0.6) is 0 Å². The maximum atomic E-state index is 11.3. The molecule has 0 fully saturated rings. The van der Waals surface area contributed by atoms with Gasteiger partial charge in [0, 0.05) is 17.3 Å². The van der Waals surface area contributed by atoms with Crippen LogP contribution in [0.3, 0.4) is 0 Å². The number of hydrogen-bond acceptors (Lipinski definition) is 4. The van der Waals surface area contributed by atoms with Crippen molar-refractivity contribution < 1.29 is 8.91 Å². The molecule has 6 nitrogen and oxygen atoms in total. The zero-order valence-electron chi connectivity index (χ0n) is 9.26. The Kier molecular flexibility index (Phi) is 1.31. The van der Waals surface area contributed by atoms with Crippen LogP contribution < -0.4 is 5.69 Å². The molecule has 1 aromatic heterocycles. The Balaban J connectivity index is 3.11. The lowest BCUT2D eigenvalue weighted by atomic mass is 10.4. The summed E-state index contributed by atoms with van der Waals surface area (Å²) in [6.07, 6.45) is 2.14. The zero-order chi connectivity index (χ0) is 11.6. The van der Waals surface area contributed by atoms with Crippen LogP contribution in [0, 0.1) is 0 Å². The zero-order valence-corrected chi connectivity index (χ0v) is 6.26. The van der Waals surface area contributed by atoms with Crippen LogP contribution in [0.4, 0.5) is 0 Å². The second kappa shape index (κ2) is 3.12. The highest BCUT2D eigenvalue weighted by Gasteiger charge is 1.97. The highest BCUT2D eigenvalue weighted by molar-refractivity contribution is 5.89. The van der Waals surface area contributed by atoms with Gasteiger partial charge in [-0.25, -0.2) is 4.79 Å². The molecule has 0 amide bonds. The summed E-state index contributed by atoms with van der Waals surface area (Å²) in [5.41, 5.74) is -0.924. The molecule has 0 unspecified atom stereocenters. The molecule has 6 heteroatoms. The van der Waals surface area contributed by atoms with Crippen LogP contribution in [-0.4, -0.2) is 25.6 Å². The first kappa shape index (κ1) is 5.02. The lowest BCUT2D eigenvalue weighted by Crippen LogP contribution is -2.19. The van der Waals surface area contributed by atoms with Crippen molar-refractivity contribution in [1.29, 1.82) is 0 Å². The van der Waals surface area contributed by atoms with Gasteiger partial charge in [0.25, 0.3) is 0 Å². The van der Waals surface area contributed by atoms with E-state index in [1.54, 1.807) is 0 Å². The van der Waals surface area contributed by atoms with Crippen LogP contribution in [-0.2, 0) is 11.8 Å². The topological polar surface area (TPSA) is 69.8 Å². The van der Waals surface area contributed by atoms with Gasteiger partial charge in [-0.3, -0.25) is 4.79 Å². The quantitative estimate of drug-likeness (QED) is 0.537. The van der Waals surface area contributed by atoms with Gasteiger partial charge in [0.15, 0.2) is 5.78 Å². The summed E-state index contributed by atoms with van der Waals surface area (Å²) in [6, 6.07) is 0. The first-order chi connectivity index (χ1) is 6.82. The van der Waals surface area contributed by atoms with Gasteiger partial charge in [0.05, 0.1) is 0 Å². The van der Waals surface area contributed by atoms with Crippen molar-refractivity contribution in [2.24, 2.45) is 6.98 Å². The first-order valence-corrected chi connectivity index (χ1v) is 3.06. The predicted molar refractivity (Wildman–Crippen MR) is 41.3 cm³/mol. The monoisotopic (exact) mass is 171 g/mol. The minimum Gasteiger partial charge on any atom is -0.295 e. The third kappa shape index (κ3) is 1.66. The van der Waals surface area contributed by atoms with Crippen LogP contribution >= 0.6 is 0 Å². The molecule has 0 saturated carbocycles. The third-order valence-electron chi connectivity index (χ3n) is 1.05. The van der Waals surface area contributed by atoms with Gasteiger partial charge in [-0.2, -0.15) is 9.36 Å². The van der Waals surface area contributed by atoms with E-state index < -0.39 is 12.7 Å². The largest absolute Gasteiger partial charge is 0.367 e. The fourth-order valence-corrected chi connectivity index (χ4v) is 0.526. The van der Waals surface area contributed by atoms with E-state index in [2.05, 4.69) is 10.4 Å². The van der Waals surface area contributed by atoms with E-state index in [4.69, 9.17) is 4.11 Å². The minimum atomic E-state index is -2.67. The molecule has 0 atom stereocenters. The van der Waals surface area contributed by atoms with Crippen LogP contribution in [0.15, 0.2) is 10.9 Å². The average molecular weight is 171 g/mol. The number of allylic oxidation sites excluding steroid dienone is 1. The molecule has 64 valence electrons. The Morgan fingerprint density at radius 3 is 2.92 bits per heavy atom. The van der Waals surface area contributed by atoms with Crippen molar-refractivity contribution in [2.75, 3.05) is 0 Å². The third-order valence-corrected chi connectivity index (χ3v) is 1.05. The molecule has 0 bridgehead atoms. The Morgan fingerprint density at radius 2 is 2.42 bits per heavy atom. The van der Waals surface area contributed by atoms with Gasteiger partial charge in [-0.1, -0.05) is 0 Å². The van der Waals surface area contributed by atoms with Crippen molar-refractivity contribution in [3.63, 3.8) is 0 Å². The normalized spacial score (nSPS) is 15.6. The van der Waals surface area contributed by atoms with Gasteiger partial charge < -0.3 is 0 Å². The minimum absolute atomic E-state index is 0.261. The lowest BCUT2D eigenvalue weighted by molar-refractivity contribution is -0.112. The number of tetrazole rings is 1. The summed E-state index contributed by atoms with van der Waals surface area (Å²) >= 11 is 0. The molecule has 0 aliphatic heterocycles. The maximum Gasteiger partial charge on any atom is 0.367 e. The number of aryl methyl sites for hydroxylation is 1. The molecule has 1 rings (SSSR count). The number of rotatable bonds is 2. The van der Waals surface area contributed by atoms with E-state index >= 15 is 0 Å². The number of carbonyl (C=O) groups is 1. The fourth-order valence-electron chi connectivity index (χ4n) is 0.526. The summed E-state index contributed by atoms with van der Waals surface area (Å²) in [5.74, 6) is -0.287. The highest BCUT2D eigenvalue weighted by atomic mass is 16.2. The summed E-state index contributed by atoms with van der Waals surface area (Å²) in [5, 5.41) is 6.43. The molecule has 1 aromatic rings. The Labute approximate surface area is 72.3 Å². The average Bonchev–Trinajstić information content (AvgIpc) is 2.42. The van der Waals surface area contributed by atoms with E-state index in [0.717, 1.165) is 12.3 Å². The molecule has 0 saturated heterocycles. The number of hydrogen-bond donors (Lipinski definition) is 0. The molecule has 0 aliphatic rings. The molecular formula is C6H8N4O2. The van der Waals surface area contributed by atoms with Crippen molar-refractivity contribution >= 4 is 12.0 Å². The van der Waals surface area contributed by atoms with E-state index in [-0.39, 0.29) is 10.5 Å². The molecule has 0 N–H and O–H groups in total. The Hall–Kier alpha value is -1.72. The van der Waals surface area contributed by atoms with Crippen LogP contribution in [0.1, 0.15) is 11.0 Å². The molecular weight excluding hydrogens is 160 g/mol. The Bertz CT molecular complexity index is 456. The van der Waals surface area contributed by atoms with Crippen molar-refractivity contribution in [2.45, 2.75) is 6.92 Å². The Morgan fingerprint density at radius 1 is 1.67 bits per heavy atom. The van der Waals surface area contributed by atoms with Crippen LogP contribution in [0.25, 0.3) is 6.20 Å². The van der Waals surface area contributed by atoms with Gasteiger partial charge in [-0.05, 0) is 23.4 Å². The number of ketones is 1. The van der Waals surface area contributed by atoms with E-state index in [9.17, 15) is 9.59 Å². The maximum absolute atomic E-state index is 11.3. The highest BCUT2D eigenvalue weighted by Crippen LogP contribution is 1.77. The molecule has 0 spiro atoms. The van der Waals surface area contributed by atoms with Crippen molar-refractivity contribution in [1.82, 2.24) is 19.8 Å². The van der Waals surface area contributed by atoms with Crippen LogP contribution in [0.2, 0.25) is 0 Å². The number of aromatic nitrogens is 4. The van der Waals surface area contributed by atoms with Gasteiger partial charge in [-0.15, -0.1) is 0 Å². The number of nitrogens with zero attached hydrogens (tertiary/aromatic N) is 4. The van der Waals surface area contributed by atoms with Gasteiger partial charge >= 0.3 is 5.69 Å². The predicted octanol–water partition coefficient (Wildman–Crippen LogP) is -0.964. The molecule has 0 aromatic carbocycles. The smallest absolute Gasteiger partial charge is 0.295 e. The standard InChI is InChI=1S/C6H8N4O2/c1-5(11)3-4-10-6(12)9(2)7-8-10/h3-4H,1-2H3/b4-3+/i2D3. The summed E-state index contributed by atoms with van der Waals surface area (Å²) in [7, 11) is 0. The summed E-state index contributed by atoms with van der Waals surface area (Å²) in [4.78, 5) is 21.9. The van der Waals surface area contributed by atoms with Crippen molar-refractivity contribution in [3.05, 3.63) is 16.6 Å². The molecule has 12 heavy (non-hydrogen) atoms. The summed E-state index contributed by atoms with van der Waals surface area (Å²) in [6.45, 7) is -1.38. The van der Waals surface area contributed by atoms with E-state index in [0.29, 0.717) is 4.68 Å². The molecule has 0 aliphatic carbocycles. The number of carbonyl (C=O) groups excluding carboxylic acids is 1. The van der Waals surface area contributed by atoms with Crippen molar-refractivity contribution in [3.8, 4) is 0 Å². The van der Waals surface area contributed by atoms with Gasteiger partial charge in [0.2, 0.25) is 0 Å². The second-order valence-corrected chi connectivity index (χ2v) is 2.04. The fraction of sp³-hybridized carbons (Fsp3) is 0.333. The lowest BCUT2D eigenvalue weighted by Gasteiger charge is -1.82. The second-order valence-electron chi connectivity index (χ2n) is 2.04. The van der Waals surface area contributed by atoms with E-state index in [1.807, 2.05) is 0 Å². The SMILES string of the molecule is [2H]C([2H])([2H])n1nnn(/C=C/C(C)=O)c1=O. The molecule has 0 radical (unpaired) electrons. The van der Waals surface area contributed by atoms with Gasteiger partial charge in [0.1, 0.15) is 0 Å². The summed E-state index contributed by atoms with van der Waals surface area (Å²) < 4.78 is 21.7.